The molecule has 3 heteroatoms. The van der Waals surface area contributed by atoms with Gasteiger partial charge in [0.15, 0.2) is 0 Å². The molecule has 0 aliphatic heterocycles. The summed E-state index contributed by atoms with van der Waals surface area (Å²) < 4.78 is 0. The van der Waals surface area contributed by atoms with Crippen molar-refractivity contribution in [3.63, 3.8) is 0 Å². The van der Waals surface area contributed by atoms with Gasteiger partial charge in [-0.1, -0.05) is 0 Å². The molecule has 4 heavy (non-hydrogen) atoms. The zero-order valence-corrected chi connectivity index (χ0v) is 5.16. The quantitative estimate of drug-likeness (QED) is 0.270. The second kappa shape index (κ2) is 10.9. The molecule has 0 spiro atoms. The molecule has 0 atom stereocenters. The van der Waals surface area contributed by atoms with Gasteiger partial charge in [-0.2, -0.15) is 0 Å². The van der Waals surface area contributed by atoms with Crippen molar-refractivity contribution in [2.75, 3.05) is 0 Å². The van der Waals surface area contributed by atoms with Crippen molar-refractivity contribution in [1.29, 1.82) is 0 Å². The van der Waals surface area contributed by atoms with E-state index < -0.39 is 0 Å². The van der Waals surface area contributed by atoms with E-state index in [0.29, 0.717) is 0 Å². The van der Waals surface area contributed by atoms with Crippen molar-refractivity contribution in [3.05, 3.63) is 0 Å². The van der Waals surface area contributed by atoms with E-state index in [9.17, 15) is 0 Å². The third-order valence-electron chi connectivity index (χ3n) is 0. The van der Waals surface area contributed by atoms with E-state index in [0.717, 1.165) is 21.6 Å². The average Bonchev–Trinajstić information content (AvgIpc) is 0.918. The molecule has 0 aliphatic carbocycles. The Morgan fingerprint density at radius 2 is 1.75 bits per heavy atom. The molecule has 0 aromatic carbocycles. The Hall–Kier alpha value is 0.173. The van der Waals surface area contributed by atoms with Crippen molar-refractivity contribution in [1.82, 2.24) is 0 Å². The Kier molecular flexibility index (Phi) is 24.2. The number of hydrogen-bond acceptors (Lipinski definition) is 1. The summed E-state index contributed by atoms with van der Waals surface area (Å²) in [5.74, 6) is 0. The van der Waals surface area contributed by atoms with Crippen molar-refractivity contribution in [2.45, 2.75) is 0 Å². The molecular weight excluding hydrogens is 117 g/mol. The Bertz CT molecular complexity index is 13.5. The molecule has 0 heterocycles. The average molecular weight is 122 g/mol. The van der Waals surface area contributed by atoms with Crippen LogP contribution in [0, 0.1) is 0 Å². The van der Waals surface area contributed by atoms with Crippen LogP contribution in [0.4, 0.5) is 0 Å². The van der Waals surface area contributed by atoms with Crippen LogP contribution in [0.2, 0.25) is 0 Å². The van der Waals surface area contributed by atoms with Crippen LogP contribution < -0.4 is 0 Å². The van der Waals surface area contributed by atoms with Gasteiger partial charge < -0.3 is 5.48 Å². The second-order valence-corrected chi connectivity index (χ2v) is 0.866. The first-order valence-corrected chi connectivity index (χ1v) is 2.36. The van der Waals surface area contributed by atoms with Crippen molar-refractivity contribution in [3.8, 4) is 0 Å². The summed E-state index contributed by atoms with van der Waals surface area (Å²) >= 11 is 0.764. The van der Waals surface area contributed by atoms with Crippen LogP contribution in [-0.2, 0) is 4.79 Å². The SMILES string of the molecule is O.O=[CH][GeH2]. The van der Waals surface area contributed by atoms with Crippen molar-refractivity contribution < 1.29 is 10.3 Å². The van der Waals surface area contributed by atoms with E-state index in [4.69, 9.17) is 4.79 Å². The second-order valence-electron chi connectivity index (χ2n) is 0.167. The molecule has 0 aromatic heterocycles. The van der Waals surface area contributed by atoms with Crippen LogP contribution >= 0.6 is 0 Å². The predicted molar refractivity (Wildman–Crippen MR) is 18.9 cm³/mol. The van der Waals surface area contributed by atoms with E-state index in [1.807, 2.05) is 0 Å². The molecule has 0 saturated carbocycles. The van der Waals surface area contributed by atoms with E-state index >= 15 is 0 Å². The summed E-state index contributed by atoms with van der Waals surface area (Å²) in [5, 5.41) is 0.875. The molecule has 0 aliphatic rings. The van der Waals surface area contributed by atoms with Gasteiger partial charge in [0.2, 0.25) is 0 Å². The van der Waals surface area contributed by atoms with Crippen LogP contribution in [0.25, 0.3) is 0 Å². The maximum atomic E-state index is 8.86. The molecule has 0 fully saturated rings. The normalized spacial score (nSPS) is 3.25. The van der Waals surface area contributed by atoms with Crippen LogP contribution in [0.3, 0.4) is 0 Å². The predicted octanol–water partition coefficient (Wildman–Crippen LogP) is -2.02. The van der Waals surface area contributed by atoms with E-state index in [1.165, 1.54) is 0 Å². The molecular formula is CH5GeO2. The summed E-state index contributed by atoms with van der Waals surface area (Å²) in [6.07, 6.45) is 0. The maximum absolute atomic E-state index is 8.86. The Morgan fingerprint density at radius 1 is 1.75 bits per heavy atom. The Balaban J connectivity index is 0. The van der Waals surface area contributed by atoms with Crippen molar-refractivity contribution in [2.24, 2.45) is 0 Å². The molecule has 0 rings (SSSR count). The van der Waals surface area contributed by atoms with Crippen LogP contribution in [0.15, 0.2) is 0 Å². The first-order valence-electron chi connectivity index (χ1n) is 0.644. The van der Waals surface area contributed by atoms with Crippen LogP contribution in [-0.4, -0.2) is 27.1 Å². The number of carbonyl (C=O) groups excluding carboxylic acids is 1. The van der Waals surface area contributed by atoms with Crippen molar-refractivity contribution >= 4 is 21.6 Å². The van der Waals surface area contributed by atoms with Gasteiger partial charge in [0.25, 0.3) is 0 Å². The fourth-order valence-corrected chi connectivity index (χ4v) is 0. The molecule has 0 saturated heterocycles. The summed E-state index contributed by atoms with van der Waals surface area (Å²) in [7, 11) is 0. The molecule has 2 nitrogen and oxygen atoms in total. The number of rotatable bonds is 0. The number of hydrogen-bond donors (Lipinski definition) is 0. The summed E-state index contributed by atoms with van der Waals surface area (Å²) in [6.45, 7) is 0. The van der Waals surface area contributed by atoms with Gasteiger partial charge in [-0.15, -0.1) is 0 Å². The third-order valence-corrected chi connectivity index (χ3v) is 0. The van der Waals surface area contributed by atoms with Gasteiger partial charge in [-0.25, -0.2) is 0 Å². The molecule has 0 bridgehead atoms. The topological polar surface area (TPSA) is 48.6 Å². The fourth-order valence-electron chi connectivity index (χ4n) is 0. The molecule has 1 radical (unpaired) electrons. The van der Waals surface area contributed by atoms with Gasteiger partial charge in [0.1, 0.15) is 0 Å². The standard InChI is InChI=1S/CH3GeO.H2O/c2-1-3;/h1H,2H2;1H2. The van der Waals surface area contributed by atoms with E-state index in [2.05, 4.69) is 0 Å². The zero-order chi connectivity index (χ0) is 2.71. The minimum absolute atomic E-state index is 0. The molecule has 0 amide bonds. The van der Waals surface area contributed by atoms with Gasteiger partial charge in [0, 0.05) is 0 Å². The third kappa shape index (κ3) is 100. The van der Waals surface area contributed by atoms with Crippen LogP contribution in [0.5, 0.6) is 0 Å². The monoisotopic (exact) mass is 123 g/mol. The molecule has 0 unspecified atom stereocenters. The van der Waals surface area contributed by atoms with Gasteiger partial charge in [-0.3, -0.25) is 0 Å². The van der Waals surface area contributed by atoms with Gasteiger partial charge >= 0.3 is 26.4 Å². The van der Waals surface area contributed by atoms with Gasteiger partial charge in [0.05, 0.1) is 0 Å². The summed E-state index contributed by atoms with van der Waals surface area (Å²) in [4.78, 5) is 8.86. The minimum atomic E-state index is 0. The first kappa shape index (κ1) is 8.90. The van der Waals surface area contributed by atoms with E-state index in [1.54, 1.807) is 0 Å². The molecule has 0 aromatic rings. The number of carbonyl (C=O) groups is 1. The fraction of sp³-hybridized carbons (Fsp3) is 0. The zero-order valence-electron chi connectivity index (χ0n) is 2.19. The summed E-state index contributed by atoms with van der Waals surface area (Å²) in [5.41, 5.74) is 0. The first-order chi connectivity index (χ1) is 1.41. The Labute approximate surface area is 32.7 Å². The van der Waals surface area contributed by atoms with Crippen LogP contribution in [0.1, 0.15) is 0 Å². The molecule has 25 valence electrons. The summed E-state index contributed by atoms with van der Waals surface area (Å²) in [6, 6.07) is 0. The van der Waals surface area contributed by atoms with E-state index in [-0.39, 0.29) is 5.48 Å². The molecule has 2 N–H and O–H groups in total. The van der Waals surface area contributed by atoms with Gasteiger partial charge in [-0.05, 0) is 0 Å². The Morgan fingerprint density at radius 3 is 1.75 bits per heavy atom.